The van der Waals surface area contributed by atoms with Crippen LogP contribution in [0.5, 0.6) is 0 Å². The van der Waals surface area contributed by atoms with Crippen LogP contribution in [0.25, 0.3) is 0 Å². The van der Waals surface area contributed by atoms with Crippen molar-refractivity contribution in [1.29, 1.82) is 0 Å². The fourth-order valence-electron chi connectivity index (χ4n) is 3.25. The molecule has 1 aliphatic heterocycles. The molecule has 0 bridgehead atoms. The van der Waals surface area contributed by atoms with E-state index in [9.17, 15) is 4.79 Å². The van der Waals surface area contributed by atoms with E-state index in [1.165, 1.54) is 0 Å². The highest BCUT2D eigenvalue weighted by atomic mass is 35.5. The fraction of sp³-hybridized carbons (Fsp3) is 0.421. The second-order valence-corrected chi connectivity index (χ2v) is 7.48. The van der Waals surface area contributed by atoms with Crippen molar-refractivity contribution in [1.82, 2.24) is 15.5 Å². The number of hydrogen-bond acceptors (Lipinski definition) is 4. The number of carbonyl (C=O) groups excluding carboxylic acids is 1. The molecule has 3 rings (SSSR count). The van der Waals surface area contributed by atoms with Crippen molar-refractivity contribution < 1.29 is 4.79 Å². The number of carbonyl (C=O) groups is 1. The van der Waals surface area contributed by atoms with Gasteiger partial charge in [0.05, 0.1) is 0 Å². The highest BCUT2D eigenvalue weighted by molar-refractivity contribution is 6.31. The Kier molecular flexibility index (Phi) is 6.33. The minimum Gasteiger partial charge on any atom is -0.355 e. The summed E-state index contributed by atoms with van der Waals surface area (Å²) in [6, 6.07) is 11.4. The quantitative estimate of drug-likeness (QED) is 0.841. The lowest BCUT2D eigenvalue weighted by Gasteiger charge is -2.32. The number of benzene rings is 1. The molecular weight excluding hydrogens is 371 g/mol. The number of halogens is 2. The fourth-order valence-corrected chi connectivity index (χ4v) is 3.57. The first-order chi connectivity index (χ1) is 12.5. The SMILES string of the molecule is C[C@@H](Cc1ccccc1Cl)NC(=O)C1CCN(c2ccc(Cl)nn2)CC1. The molecule has 1 atom stereocenters. The van der Waals surface area contributed by atoms with E-state index in [4.69, 9.17) is 23.2 Å². The first-order valence-corrected chi connectivity index (χ1v) is 9.56. The number of amides is 1. The van der Waals surface area contributed by atoms with Crippen LogP contribution in [0.15, 0.2) is 36.4 Å². The topological polar surface area (TPSA) is 58.1 Å². The van der Waals surface area contributed by atoms with E-state index in [1.54, 1.807) is 6.07 Å². The summed E-state index contributed by atoms with van der Waals surface area (Å²) in [6.07, 6.45) is 2.33. The Morgan fingerprint density at radius 1 is 1.19 bits per heavy atom. The summed E-state index contributed by atoms with van der Waals surface area (Å²) in [6.45, 7) is 3.58. The first kappa shape index (κ1) is 18.9. The first-order valence-electron chi connectivity index (χ1n) is 8.81. The van der Waals surface area contributed by atoms with E-state index in [-0.39, 0.29) is 17.9 Å². The zero-order chi connectivity index (χ0) is 18.5. The molecule has 1 fully saturated rings. The maximum Gasteiger partial charge on any atom is 0.223 e. The molecule has 0 radical (unpaired) electrons. The number of anilines is 1. The Morgan fingerprint density at radius 2 is 1.92 bits per heavy atom. The molecule has 0 spiro atoms. The molecule has 1 aromatic carbocycles. The van der Waals surface area contributed by atoms with Crippen LogP contribution in [-0.4, -0.2) is 35.2 Å². The predicted octanol–water partition coefficient (Wildman–Crippen LogP) is 3.75. The molecule has 1 amide bonds. The van der Waals surface area contributed by atoms with E-state index in [2.05, 4.69) is 20.4 Å². The Balaban J connectivity index is 1.49. The Morgan fingerprint density at radius 3 is 2.58 bits per heavy atom. The van der Waals surface area contributed by atoms with Gasteiger partial charge in [-0.3, -0.25) is 4.79 Å². The van der Waals surface area contributed by atoms with Gasteiger partial charge in [-0.1, -0.05) is 41.4 Å². The minimum atomic E-state index is 0.0280. The summed E-state index contributed by atoms with van der Waals surface area (Å²) in [5, 5.41) is 12.2. The molecule has 7 heteroatoms. The van der Waals surface area contributed by atoms with Crippen molar-refractivity contribution in [3.63, 3.8) is 0 Å². The van der Waals surface area contributed by atoms with Gasteiger partial charge >= 0.3 is 0 Å². The molecular formula is C19H22Cl2N4O. The van der Waals surface area contributed by atoms with Gasteiger partial charge in [0.15, 0.2) is 11.0 Å². The van der Waals surface area contributed by atoms with Crippen LogP contribution >= 0.6 is 23.2 Å². The van der Waals surface area contributed by atoms with Crippen LogP contribution in [0.3, 0.4) is 0 Å². The normalized spacial score (nSPS) is 16.3. The Hall–Kier alpha value is -1.85. The van der Waals surface area contributed by atoms with Crippen LogP contribution in [0.1, 0.15) is 25.3 Å². The number of hydrogen-bond donors (Lipinski definition) is 1. The minimum absolute atomic E-state index is 0.0280. The lowest BCUT2D eigenvalue weighted by molar-refractivity contribution is -0.126. The van der Waals surface area contributed by atoms with Gasteiger partial charge in [0.1, 0.15) is 0 Å². The molecule has 2 aromatic rings. The molecule has 1 aliphatic rings. The highest BCUT2D eigenvalue weighted by Crippen LogP contribution is 2.23. The molecule has 1 saturated heterocycles. The van der Waals surface area contributed by atoms with E-state index in [0.717, 1.165) is 48.8 Å². The molecule has 26 heavy (non-hydrogen) atoms. The van der Waals surface area contributed by atoms with Gasteiger partial charge in [-0.25, -0.2) is 0 Å². The van der Waals surface area contributed by atoms with Crippen LogP contribution in [0.2, 0.25) is 10.2 Å². The Bertz CT molecular complexity index is 745. The average molecular weight is 393 g/mol. The van der Waals surface area contributed by atoms with Gasteiger partial charge in [-0.15, -0.1) is 10.2 Å². The highest BCUT2D eigenvalue weighted by Gasteiger charge is 2.26. The van der Waals surface area contributed by atoms with Gasteiger partial charge in [0.25, 0.3) is 0 Å². The zero-order valence-electron chi connectivity index (χ0n) is 14.7. The van der Waals surface area contributed by atoms with Crippen molar-refractivity contribution in [3.8, 4) is 0 Å². The van der Waals surface area contributed by atoms with Gasteiger partial charge < -0.3 is 10.2 Å². The predicted molar refractivity (Wildman–Crippen MR) is 105 cm³/mol. The molecule has 0 unspecified atom stereocenters. The van der Waals surface area contributed by atoms with Crippen molar-refractivity contribution in [2.24, 2.45) is 5.92 Å². The maximum atomic E-state index is 12.6. The number of piperidine rings is 1. The number of nitrogens with zero attached hydrogens (tertiary/aromatic N) is 3. The zero-order valence-corrected chi connectivity index (χ0v) is 16.2. The van der Waals surface area contributed by atoms with Crippen molar-refractivity contribution >= 4 is 34.9 Å². The monoisotopic (exact) mass is 392 g/mol. The van der Waals surface area contributed by atoms with E-state index in [0.29, 0.717) is 5.15 Å². The molecule has 0 saturated carbocycles. The molecule has 5 nitrogen and oxygen atoms in total. The summed E-state index contributed by atoms with van der Waals surface area (Å²) in [5.41, 5.74) is 1.05. The molecule has 138 valence electrons. The van der Waals surface area contributed by atoms with Gasteiger partial charge in [0.2, 0.25) is 5.91 Å². The second kappa shape index (κ2) is 8.69. The van der Waals surface area contributed by atoms with Crippen LogP contribution in [0, 0.1) is 5.92 Å². The maximum absolute atomic E-state index is 12.6. The van der Waals surface area contributed by atoms with Gasteiger partial charge in [-0.2, -0.15) is 0 Å². The third-order valence-electron chi connectivity index (χ3n) is 4.68. The van der Waals surface area contributed by atoms with E-state index < -0.39 is 0 Å². The lowest BCUT2D eigenvalue weighted by Crippen LogP contribution is -2.44. The average Bonchev–Trinajstić information content (AvgIpc) is 2.64. The third-order valence-corrected chi connectivity index (χ3v) is 5.25. The van der Waals surface area contributed by atoms with Crippen molar-refractivity contribution in [2.75, 3.05) is 18.0 Å². The number of nitrogens with one attached hydrogen (secondary N) is 1. The lowest BCUT2D eigenvalue weighted by atomic mass is 9.95. The van der Waals surface area contributed by atoms with E-state index in [1.807, 2.05) is 37.3 Å². The summed E-state index contributed by atoms with van der Waals surface area (Å²) < 4.78 is 0. The van der Waals surface area contributed by atoms with Crippen molar-refractivity contribution in [3.05, 3.63) is 52.1 Å². The van der Waals surface area contributed by atoms with E-state index >= 15 is 0 Å². The van der Waals surface area contributed by atoms with Gasteiger partial charge in [-0.05, 0) is 49.9 Å². The molecule has 1 N–H and O–H groups in total. The smallest absolute Gasteiger partial charge is 0.223 e. The second-order valence-electron chi connectivity index (χ2n) is 6.68. The third kappa shape index (κ3) is 4.86. The van der Waals surface area contributed by atoms with Gasteiger partial charge in [0, 0.05) is 30.1 Å². The summed E-state index contributed by atoms with van der Waals surface area (Å²) in [4.78, 5) is 14.7. The van der Waals surface area contributed by atoms with Crippen LogP contribution in [0.4, 0.5) is 5.82 Å². The molecule has 2 heterocycles. The summed E-state index contributed by atoms with van der Waals surface area (Å²) in [5.74, 6) is 0.951. The van der Waals surface area contributed by atoms with Crippen LogP contribution < -0.4 is 10.2 Å². The largest absolute Gasteiger partial charge is 0.355 e. The molecule has 0 aliphatic carbocycles. The molecule has 1 aromatic heterocycles. The summed E-state index contributed by atoms with van der Waals surface area (Å²) >= 11 is 12.0. The standard InChI is InChI=1S/C19H22Cl2N4O/c1-13(12-15-4-2-3-5-16(15)20)22-19(26)14-8-10-25(11-9-14)18-7-6-17(21)23-24-18/h2-7,13-14H,8-12H2,1H3,(H,22,26)/t13-/m0/s1. The van der Waals surface area contributed by atoms with Crippen LogP contribution in [-0.2, 0) is 11.2 Å². The summed E-state index contributed by atoms with van der Waals surface area (Å²) in [7, 11) is 0. The Labute approximate surface area is 163 Å². The van der Waals surface area contributed by atoms with Crippen molar-refractivity contribution in [2.45, 2.75) is 32.2 Å². The number of aromatic nitrogens is 2. The number of rotatable bonds is 5.